The second-order valence-corrected chi connectivity index (χ2v) is 17.0. The lowest BCUT2D eigenvalue weighted by molar-refractivity contribution is -0.154. The molecule has 0 aromatic carbocycles. The number of unbranched alkanes of at least 4 members (excludes halogenated alkanes) is 20. The van der Waals surface area contributed by atoms with Gasteiger partial charge in [-0.2, -0.15) is 0 Å². The molecular formula is C48H86NO9P. The van der Waals surface area contributed by atoms with E-state index < -0.39 is 45.1 Å². The standard InChI is InChI=1S/C48H86NO9P/c1-3-5-7-9-11-13-15-17-19-21-22-23-25-27-29-31-33-35-37-39-41-55-42-45(43-56-59(53,54)57-44-46(49)48(51)52)58-47(50)40-38-36-34-32-30-28-26-24-20-18-16-14-12-10-8-6-4-2/h6,8,11-14,17-20,45-46H,3-5,7,9-10,15-16,21-44,49H2,1-2H3,(H,51,52)(H,53,54)/b8-6-,13-11-,14-12-,19-17-,20-18-. The highest BCUT2D eigenvalue weighted by molar-refractivity contribution is 7.47. The molecule has 59 heavy (non-hydrogen) atoms. The molecule has 0 spiro atoms. The van der Waals surface area contributed by atoms with Crippen LogP contribution in [0, 0.1) is 0 Å². The number of phosphoric acid groups is 1. The molecule has 10 nitrogen and oxygen atoms in total. The van der Waals surface area contributed by atoms with E-state index in [-0.39, 0.29) is 13.0 Å². The topological polar surface area (TPSA) is 155 Å². The first-order chi connectivity index (χ1) is 28.7. The lowest BCUT2D eigenvalue weighted by atomic mass is 10.1. The molecular weight excluding hydrogens is 766 g/mol. The molecule has 0 fully saturated rings. The van der Waals surface area contributed by atoms with E-state index in [1.54, 1.807) is 0 Å². The van der Waals surface area contributed by atoms with Crippen LogP contribution in [0.15, 0.2) is 60.8 Å². The predicted octanol–water partition coefficient (Wildman–Crippen LogP) is 13.2. The van der Waals surface area contributed by atoms with Crippen LogP contribution in [0.2, 0.25) is 0 Å². The van der Waals surface area contributed by atoms with Crippen molar-refractivity contribution in [3.8, 4) is 0 Å². The Morgan fingerprint density at radius 1 is 0.559 bits per heavy atom. The summed E-state index contributed by atoms with van der Waals surface area (Å²) in [5.41, 5.74) is 5.36. The van der Waals surface area contributed by atoms with E-state index in [9.17, 15) is 19.0 Å². The van der Waals surface area contributed by atoms with Gasteiger partial charge in [-0.15, -0.1) is 0 Å². The van der Waals surface area contributed by atoms with Crippen molar-refractivity contribution < 1.29 is 42.7 Å². The van der Waals surface area contributed by atoms with Gasteiger partial charge in [0.1, 0.15) is 12.1 Å². The van der Waals surface area contributed by atoms with Crippen molar-refractivity contribution in [1.29, 1.82) is 0 Å². The molecule has 0 radical (unpaired) electrons. The minimum atomic E-state index is -4.62. The molecule has 0 saturated carbocycles. The molecule has 0 aliphatic carbocycles. The first-order valence-electron chi connectivity index (χ1n) is 23.3. The van der Waals surface area contributed by atoms with E-state index in [4.69, 9.17) is 29.4 Å². The smallest absolute Gasteiger partial charge is 0.472 e. The molecule has 0 aromatic rings. The van der Waals surface area contributed by atoms with Gasteiger partial charge in [0.25, 0.3) is 0 Å². The number of rotatable bonds is 44. The minimum absolute atomic E-state index is 0.00881. The summed E-state index contributed by atoms with van der Waals surface area (Å²) in [5.74, 6) is -1.79. The lowest BCUT2D eigenvalue weighted by Crippen LogP contribution is -2.34. The Balaban J connectivity index is 4.21. The summed E-state index contributed by atoms with van der Waals surface area (Å²) in [6.45, 7) is 3.73. The van der Waals surface area contributed by atoms with E-state index in [2.05, 4.69) is 74.6 Å². The van der Waals surface area contributed by atoms with Crippen molar-refractivity contribution in [1.82, 2.24) is 0 Å². The highest BCUT2D eigenvalue weighted by Crippen LogP contribution is 2.43. The molecule has 0 amide bonds. The number of carboxylic acid groups (broad SMARTS) is 1. The number of carboxylic acids is 1. The maximum Gasteiger partial charge on any atom is 0.472 e. The van der Waals surface area contributed by atoms with Crippen LogP contribution in [-0.2, 0) is 32.7 Å². The van der Waals surface area contributed by atoms with Crippen LogP contribution in [0.1, 0.15) is 194 Å². The number of ether oxygens (including phenoxy) is 2. The van der Waals surface area contributed by atoms with Crippen LogP contribution in [0.4, 0.5) is 0 Å². The molecule has 0 rings (SSSR count). The number of hydrogen-bond donors (Lipinski definition) is 3. The quantitative estimate of drug-likeness (QED) is 0.0233. The van der Waals surface area contributed by atoms with Gasteiger partial charge in [0.2, 0.25) is 0 Å². The van der Waals surface area contributed by atoms with E-state index in [1.165, 1.54) is 96.3 Å². The average molecular weight is 852 g/mol. The number of esters is 1. The average Bonchev–Trinajstić information content (AvgIpc) is 3.21. The van der Waals surface area contributed by atoms with E-state index in [0.29, 0.717) is 13.0 Å². The fourth-order valence-electron chi connectivity index (χ4n) is 6.18. The Morgan fingerprint density at radius 2 is 0.983 bits per heavy atom. The van der Waals surface area contributed by atoms with E-state index in [1.807, 2.05) is 0 Å². The first kappa shape index (κ1) is 56.7. The van der Waals surface area contributed by atoms with Crippen molar-refractivity contribution in [2.45, 2.75) is 206 Å². The van der Waals surface area contributed by atoms with Crippen molar-refractivity contribution in [3.63, 3.8) is 0 Å². The zero-order valence-corrected chi connectivity index (χ0v) is 38.2. The van der Waals surface area contributed by atoms with Gasteiger partial charge in [-0.1, -0.05) is 171 Å². The van der Waals surface area contributed by atoms with Gasteiger partial charge >= 0.3 is 19.8 Å². The summed E-state index contributed by atoms with van der Waals surface area (Å²) in [6, 6.07) is -1.48. The van der Waals surface area contributed by atoms with E-state index >= 15 is 0 Å². The first-order valence-corrected chi connectivity index (χ1v) is 24.8. The van der Waals surface area contributed by atoms with Gasteiger partial charge in [-0.25, -0.2) is 4.57 Å². The van der Waals surface area contributed by atoms with Crippen molar-refractivity contribution >= 4 is 19.8 Å². The van der Waals surface area contributed by atoms with Crippen LogP contribution in [-0.4, -0.2) is 60.5 Å². The van der Waals surface area contributed by atoms with Gasteiger partial charge in [0.15, 0.2) is 0 Å². The van der Waals surface area contributed by atoms with Crippen LogP contribution in [0.5, 0.6) is 0 Å². The van der Waals surface area contributed by atoms with Gasteiger partial charge in [-0.3, -0.25) is 18.6 Å². The Labute approximate surface area is 360 Å². The monoisotopic (exact) mass is 852 g/mol. The number of hydrogen-bond acceptors (Lipinski definition) is 8. The summed E-state index contributed by atoms with van der Waals surface area (Å²) in [5, 5.41) is 8.91. The highest BCUT2D eigenvalue weighted by Gasteiger charge is 2.27. The third-order valence-corrected chi connectivity index (χ3v) is 10.7. The summed E-state index contributed by atoms with van der Waals surface area (Å²) < 4.78 is 33.4. The summed E-state index contributed by atoms with van der Waals surface area (Å²) >= 11 is 0. The molecule has 0 aromatic heterocycles. The van der Waals surface area contributed by atoms with Crippen LogP contribution in [0.3, 0.4) is 0 Å². The second-order valence-electron chi connectivity index (χ2n) is 15.5. The number of aliphatic carboxylic acids is 1. The Hall–Kier alpha value is -2.33. The summed E-state index contributed by atoms with van der Waals surface area (Å²) in [7, 11) is -4.62. The molecule has 4 N–H and O–H groups in total. The largest absolute Gasteiger partial charge is 0.480 e. The second kappa shape index (κ2) is 43.7. The number of carbonyl (C=O) groups is 2. The molecule has 0 heterocycles. The molecule has 3 atom stereocenters. The Bertz CT molecular complexity index is 1170. The molecule has 0 aliphatic heterocycles. The van der Waals surface area contributed by atoms with E-state index in [0.717, 1.165) is 70.6 Å². The number of allylic oxidation sites excluding steroid dienone is 10. The summed E-state index contributed by atoms with van der Waals surface area (Å²) in [6.07, 6.45) is 52.7. The predicted molar refractivity (Wildman–Crippen MR) is 244 cm³/mol. The molecule has 0 aliphatic rings. The molecule has 342 valence electrons. The zero-order valence-electron chi connectivity index (χ0n) is 37.3. The maximum absolute atomic E-state index is 12.7. The minimum Gasteiger partial charge on any atom is -0.480 e. The number of carbonyl (C=O) groups excluding carboxylic acids is 1. The number of phosphoric ester groups is 1. The third-order valence-electron chi connectivity index (χ3n) is 9.78. The normalized spacial score (nSPS) is 14.4. The van der Waals surface area contributed by atoms with Gasteiger partial charge in [0.05, 0.1) is 19.8 Å². The van der Waals surface area contributed by atoms with Crippen molar-refractivity contribution in [2.75, 3.05) is 26.4 Å². The zero-order chi connectivity index (χ0) is 43.3. The molecule has 3 unspecified atom stereocenters. The van der Waals surface area contributed by atoms with Crippen molar-refractivity contribution in [2.24, 2.45) is 5.73 Å². The SMILES string of the molecule is CC/C=C\C/C=C\C/C=C\CCCCCCCCCC(=O)OC(COCCCCCCCCCCCC/C=C\C/C=C\CCCCC)COP(=O)(O)OCC(N)C(=O)O. The van der Waals surface area contributed by atoms with Gasteiger partial charge in [-0.05, 0) is 77.0 Å². The molecule has 0 saturated heterocycles. The Kier molecular flexibility index (Phi) is 42.0. The lowest BCUT2D eigenvalue weighted by Gasteiger charge is -2.20. The van der Waals surface area contributed by atoms with Gasteiger partial charge in [0, 0.05) is 13.0 Å². The number of nitrogens with two attached hydrogens (primary N) is 1. The third kappa shape index (κ3) is 43.6. The van der Waals surface area contributed by atoms with Crippen molar-refractivity contribution in [3.05, 3.63) is 60.8 Å². The molecule has 11 heteroatoms. The molecule has 0 bridgehead atoms. The van der Waals surface area contributed by atoms with Gasteiger partial charge < -0.3 is 25.2 Å². The fourth-order valence-corrected chi connectivity index (χ4v) is 6.96. The fraction of sp³-hybridized carbons (Fsp3) is 0.750. The Morgan fingerprint density at radius 3 is 1.47 bits per heavy atom. The summed E-state index contributed by atoms with van der Waals surface area (Å²) in [4.78, 5) is 33.6. The van der Waals surface area contributed by atoms with Crippen LogP contribution < -0.4 is 5.73 Å². The highest BCUT2D eigenvalue weighted by atomic mass is 31.2. The van der Waals surface area contributed by atoms with Crippen LogP contribution >= 0.6 is 7.82 Å². The maximum atomic E-state index is 12.7. The van der Waals surface area contributed by atoms with Crippen LogP contribution in [0.25, 0.3) is 0 Å².